The highest BCUT2D eigenvalue weighted by Crippen LogP contribution is 2.28. The van der Waals surface area contributed by atoms with Crippen LogP contribution in [-0.2, 0) is 4.79 Å². The van der Waals surface area contributed by atoms with Crippen LogP contribution in [0, 0.1) is 6.92 Å². The predicted molar refractivity (Wildman–Crippen MR) is 107 cm³/mol. The van der Waals surface area contributed by atoms with E-state index in [0.717, 1.165) is 35.5 Å². The number of anilines is 1. The number of aromatic nitrogens is 1. The van der Waals surface area contributed by atoms with E-state index in [1.54, 1.807) is 11.3 Å². The van der Waals surface area contributed by atoms with Crippen molar-refractivity contribution in [3.05, 3.63) is 58.1 Å². The van der Waals surface area contributed by atoms with Gasteiger partial charge in [-0.2, -0.15) is 0 Å². The zero-order valence-electron chi connectivity index (χ0n) is 14.6. The maximum absolute atomic E-state index is 12.5. The summed E-state index contributed by atoms with van der Waals surface area (Å²) in [6.07, 6.45) is 2.20. The van der Waals surface area contributed by atoms with Crippen LogP contribution in [0.1, 0.15) is 29.5 Å². The van der Waals surface area contributed by atoms with Gasteiger partial charge in [-0.1, -0.05) is 29.8 Å². The minimum absolute atomic E-state index is 0.00114. The molecule has 3 aromatic rings. The molecule has 0 aliphatic carbocycles. The van der Waals surface area contributed by atoms with E-state index < -0.39 is 0 Å². The van der Waals surface area contributed by atoms with Gasteiger partial charge in [-0.3, -0.25) is 4.79 Å². The summed E-state index contributed by atoms with van der Waals surface area (Å²) in [6, 6.07) is 14.2. The molecule has 1 aliphatic rings. The maximum atomic E-state index is 12.5. The van der Waals surface area contributed by atoms with E-state index in [9.17, 15) is 4.79 Å². The molecule has 1 amide bonds. The highest BCUT2D eigenvalue weighted by Gasteiger charge is 2.34. The number of benzene rings is 2. The number of thiazole rings is 1. The van der Waals surface area contributed by atoms with Crippen LogP contribution in [0.4, 0.5) is 5.69 Å². The summed E-state index contributed by atoms with van der Waals surface area (Å²) in [4.78, 5) is 18.6. The van der Waals surface area contributed by atoms with Crippen LogP contribution in [0.25, 0.3) is 10.2 Å². The lowest BCUT2D eigenvalue weighted by molar-refractivity contribution is -0.910. The molecular weight excluding hydrogens is 366 g/mol. The van der Waals surface area contributed by atoms with E-state index in [1.165, 1.54) is 9.60 Å². The van der Waals surface area contributed by atoms with Crippen molar-refractivity contribution in [1.82, 2.24) is 4.98 Å². The standard InChI is InChI=1S/C20H20ClN3OS/c1-13-8-9-15(14(21)11-13)22-19(25)12-24-10-4-6-17(24)20-23-16-5-2-3-7-18(16)26-20/h2-3,5,7-9,11,17H,4,6,10,12H2,1H3,(H,22,25)/p+1/t17-/m1/s1. The van der Waals surface area contributed by atoms with Gasteiger partial charge in [-0.05, 0) is 36.8 Å². The summed E-state index contributed by atoms with van der Waals surface area (Å²) in [7, 11) is 0. The number of rotatable bonds is 4. The van der Waals surface area contributed by atoms with Crippen molar-refractivity contribution >= 4 is 44.7 Å². The molecule has 0 radical (unpaired) electrons. The SMILES string of the molecule is Cc1ccc(NC(=O)C[NH+]2CCC[C@@H]2c2nc3ccccc3s2)c(Cl)c1. The Balaban J connectivity index is 1.47. The molecule has 1 aromatic heterocycles. The van der Waals surface area contributed by atoms with E-state index in [4.69, 9.17) is 16.6 Å². The fraction of sp³-hybridized carbons (Fsp3) is 0.300. The van der Waals surface area contributed by atoms with Crippen LogP contribution in [-0.4, -0.2) is 24.0 Å². The van der Waals surface area contributed by atoms with E-state index in [2.05, 4.69) is 17.4 Å². The minimum atomic E-state index is -0.00114. The first-order valence-corrected chi connectivity index (χ1v) is 10.1. The Morgan fingerprint density at radius 2 is 2.19 bits per heavy atom. The zero-order valence-corrected chi connectivity index (χ0v) is 16.2. The van der Waals surface area contributed by atoms with Crippen molar-refractivity contribution in [2.75, 3.05) is 18.4 Å². The van der Waals surface area contributed by atoms with Gasteiger partial charge < -0.3 is 10.2 Å². The van der Waals surface area contributed by atoms with Gasteiger partial charge >= 0.3 is 0 Å². The maximum Gasteiger partial charge on any atom is 0.279 e. The average molecular weight is 387 g/mol. The second kappa shape index (κ2) is 7.35. The van der Waals surface area contributed by atoms with Crippen LogP contribution in [0.2, 0.25) is 5.02 Å². The van der Waals surface area contributed by atoms with Crippen LogP contribution < -0.4 is 10.2 Å². The summed E-state index contributed by atoms with van der Waals surface area (Å²) in [5, 5.41) is 4.67. The Morgan fingerprint density at radius 1 is 1.35 bits per heavy atom. The lowest BCUT2D eigenvalue weighted by atomic mass is 10.2. The van der Waals surface area contributed by atoms with Gasteiger partial charge in [0.25, 0.3) is 5.91 Å². The number of amides is 1. The second-order valence-electron chi connectivity index (χ2n) is 6.83. The van der Waals surface area contributed by atoms with Gasteiger partial charge in [0.15, 0.2) is 11.6 Å². The van der Waals surface area contributed by atoms with Crippen molar-refractivity contribution in [3.63, 3.8) is 0 Å². The van der Waals surface area contributed by atoms with Gasteiger partial charge in [0.1, 0.15) is 6.04 Å². The van der Waals surface area contributed by atoms with E-state index in [-0.39, 0.29) is 5.91 Å². The molecule has 0 spiro atoms. The van der Waals surface area contributed by atoms with Crippen LogP contribution >= 0.6 is 22.9 Å². The van der Waals surface area contributed by atoms with Crippen molar-refractivity contribution in [2.45, 2.75) is 25.8 Å². The first-order chi connectivity index (χ1) is 12.6. The number of aryl methyl sites for hydroxylation is 1. The number of carbonyl (C=O) groups excluding carboxylic acids is 1. The Labute approximate surface area is 161 Å². The molecule has 4 rings (SSSR count). The molecule has 1 fully saturated rings. The molecule has 2 aromatic carbocycles. The molecule has 2 N–H and O–H groups in total. The molecule has 2 heterocycles. The Bertz CT molecular complexity index is 922. The number of fused-ring (bicyclic) bond motifs is 1. The van der Waals surface area contributed by atoms with E-state index >= 15 is 0 Å². The summed E-state index contributed by atoms with van der Waals surface area (Å²) in [5.41, 5.74) is 2.81. The molecule has 6 heteroatoms. The number of carbonyl (C=O) groups is 1. The number of hydrogen-bond acceptors (Lipinski definition) is 3. The highest BCUT2D eigenvalue weighted by atomic mass is 35.5. The summed E-state index contributed by atoms with van der Waals surface area (Å²) in [6.45, 7) is 3.41. The van der Waals surface area contributed by atoms with Gasteiger partial charge in [-0.15, -0.1) is 11.3 Å². The number of quaternary nitrogens is 1. The average Bonchev–Trinajstić information content (AvgIpc) is 3.23. The van der Waals surface area contributed by atoms with Gasteiger partial charge in [0, 0.05) is 12.8 Å². The third-order valence-electron chi connectivity index (χ3n) is 4.88. The highest BCUT2D eigenvalue weighted by molar-refractivity contribution is 7.18. The molecular formula is C20H21ClN3OS+. The van der Waals surface area contributed by atoms with Crippen molar-refractivity contribution < 1.29 is 9.69 Å². The number of para-hydroxylation sites is 1. The molecule has 0 bridgehead atoms. The van der Waals surface area contributed by atoms with Crippen molar-refractivity contribution in [2.24, 2.45) is 0 Å². The summed E-state index contributed by atoms with van der Waals surface area (Å²) < 4.78 is 1.21. The second-order valence-corrected chi connectivity index (χ2v) is 8.30. The van der Waals surface area contributed by atoms with Gasteiger partial charge in [0.2, 0.25) is 0 Å². The third-order valence-corrected chi connectivity index (χ3v) is 6.34. The summed E-state index contributed by atoms with van der Waals surface area (Å²) >= 11 is 7.98. The van der Waals surface area contributed by atoms with Crippen molar-refractivity contribution in [1.29, 1.82) is 0 Å². The fourth-order valence-corrected chi connectivity index (χ4v) is 5.03. The first-order valence-electron chi connectivity index (χ1n) is 8.86. The van der Waals surface area contributed by atoms with Gasteiger partial charge in [-0.25, -0.2) is 4.98 Å². The normalized spacial score (nSPS) is 19.8. The predicted octanol–water partition coefficient (Wildman–Crippen LogP) is 3.62. The van der Waals surface area contributed by atoms with Crippen LogP contribution in [0.15, 0.2) is 42.5 Å². The Morgan fingerprint density at radius 3 is 3.00 bits per heavy atom. The smallest absolute Gasteiger partial charge is 0.279 e. The molecule has 134 valence electrons. The van der Waals surface area contributed by atoms with Crippen LogP contribution in [0.5, 0.6) is 0 Å². The Hall–Kier alpha value is -1.95. The molecule has 1 unspecified atom stereocenters. The fourth-order valence-electron chi connectivity index (χ4n) is 3.58. The monoisotopic (exact) mass is 386 g/mol. The van der Waals surface area contributed by atoms with Crippen LogP contribution in [0.3, 0.4) is 0 Å². The quantitative estimate of drug-likeness (QED) is 0.719. The van der Waals surface area contributed by atoms with E-state index in [1.807, 2.05) is 37.3 Å². The number of likely N-dealkylation sites (tertiary alicyclic amines) is 1. The van der Waals surface area contributed by atoms with Gasteiger partial charge in [0.05, 0.1) is 27.5 Å². The molecule has 1 aliphatic heterocycles. The largest absolute Gasteiger partial charge is 0.320 e. The van der Waals surface area contributed by atoms with E-state index in [0.29, 0.717) is 23.3 Å². The molecule has 0 saturated carbocycles. The first kappa shape index (κ1) is 17.5. The minimum Gasteiger partial charge on any atom is -0.320 e. The lowest BCUT2D eigenvalue weighted by Gasteiger charge is -2.19. The molecule has 1 saturated heterocycles. The number of hydrogen-bond donors (Lipinski definition) is 2. The number of nitrogens with zero attached hydrogens (tertiary/aromatic N) is 1. The third kappa shape index (κ3) is 3.61. The molecule has 4 nitrogen and oxygen atoms in total. The number of halogens is 1. The number of nitrogens with one attached hydrogen (secondary N) is 2. The lowest BCUT2D eigenvalue weighted by Crippen LogP contribution is -3.11. The topological polar surface area (TPSA) is 46.4 Å². The zero-order chi connectivity index (χ0) is 18.1. The Kier molecular flexibility index (Phi) is 4.94. The van der Waals surface area contributed by atoms with Crippen molar-refractivity contribution in [3.8, 4) is 0 Å². The molecule has 2 atom stereocenters. The molecule has 26 heavy (non-hydrogen) atoms. The summed E-state index contributed by atoms with van der Waals surface area (Å²) in [5.74, 6) is -0.00114.